The lowest BCUT2D eigenvalue weighted by molar-refractivity contribution is -0.138. The first-order valence-electron chi connectivity index (χ1n) is 5.66. The van der Waals surface area contributed by atoms with Crippen molar-refractivity contribution in [2.24, 2.45) is 17.1 Å². The van der Waals surface area contributed by atoms with E-state index in [-0.39, 0.29) is 17.3 Å². The van der Waals surface area contributed by atoms with E-state index >= 15 is 0 Å². The Hall–Kier alpha value is -1.03. The second kappa shape index (κ2) is 3.73. The van der Waals surface area contributed by atoms with Crippen molar-refractivity contribution in [2.45, 2.75) is 25.9 Å². The topological polar surface area (TPSA) is 26.0 Å². The smallest absolute Gasteiger partial charge is 0.330 e. The van der Waals surface area contributed by atoms with E-state index in [4.69, 9.17) is 5.73 Å². The minimum Gasteiger partial charge on any atom is -0.330 e. The first-order chi connectivity index (χ1) is 7.80. The summed E-state index contributed by atoms with van der Waals surface area (Å²) in [5.74, 6) is 0.0660. The average molecular weight is 243 g/mol. The fourth-order valence-electron chi connectivity index (χ4n) is 2.83. The van der Waals surface area contributed by atoms with E-state index in [0.717, 1.165) is 6.07 Å². The fourth-order valence-corrected chi connectivity index (χ4v) is 2.83. The third-order valence-electron chi connectivity index (χ3n) is 3.91. The van der Waals surface area contributed by atoms with Crippen LogP contribution in [0.2, 0.25) is 0 Å². The lowest BCUT2D eigenvalue weighted by atomic mass is 9.98. The van der Waals surface area contributed by atoms with E-state index < -0.39 is 11.7 Å². The second-order valence-corrected chi connectivity index (χ2v) is 5.23. The van der Waals surface area contributed by atoms with Gasteiger partial charge in [-0.2, -0.15) is 13.2 Å². The van der Waals surface area contributed by atoms with Gasteiger partial charge in [0.05, 0.1) is 5.56 Å². The zero-order valence-corrected chi connectivity index (χ0v) is 9.88. The molecule has 0 aromatic heterocycles. The van der Waals surface area contributed by atoms with Crippen molar-refractivity contribution in [1.82, 2.24) is 0 Å². The van der Waals surface area contributed by atoms with Gasteiger partial charge >= 0.3 is 6.18 Å². The molecule has 0 spiro atoms. The number of benzene rings is 1. The standard InChI is InChI=1S/C13H16F3N/c1-12(2)10(7-17)11(12)8-5-3-4-6-9(8)13(14,15)16/h3-6,10-11H,7,17H2,1-2H3/t10-,11-/m1/s1. The van der Waals surface area contributed by atoms with Crippen LogP contribution in [0.15, 0.2) is 24.3 Å². The van der Waals surface area contributed by atoms with Gasteiger partial charge in [-0.25, -0.2) is 0 Å². The third-order valence-corrected chi connectivity index (χ3v) is 3.91. The summed E-state index contributed by atoms with van der Waals surface area (Å²) in [6.07, 6.45) is -4.28. The number of hydrogen-bond donors (Lipinski definition) is 1. The molecule has 1 aliphatic carbocycles. The molecule has 1 saturated carbocycles. The molecule has 0 radical (unpaired) electrons. The molecule has 0 amide bonds. The van der Waals surface area contributed by atoms with Gasteiger partial charge < -0.3 is 5.73 Å². The van der Waals surface area contributed by atoms with E-state index in [2.05, 4.69) is 0 Å². The maximum Gasteiger partial charge on any atom is 0.416 e. The Morgan fingerprint density at radius 3 is 2.29 bits per heavy atom. The Morgan fingerprint density at radius 1 is 1.24 bits per heavy atom. The predicted octanol–water partition coefficient (Wildman–Crippen LogP) is 3.40. The Kier molecular flexibility index (Phi) is 2.73. The number of alkyl halides is 3. The van der Waals surface area contributed by atoms with Crippen molar-refractivity contribution in [3.05, 3.63) is 35.4 Å². The minimum absolute atomic E-state index is 0.0784. The summed E-state index contributed by atoms with van der Waals surface area (Å²) in [7, 11) is 0. The van der Waals surface area contributed by atoms with E-state index in [9.17, 15) is 13.2 Å². The van der Waals surface area contributed by atoms with Gasteiger partial charge in [-0.15, -0.1) is 0 Å². The van der Waals surface area contributed by atoms with Crippen LogP contribution in [-0.4, -0.2) is 6.54 Å². The van der Waals surface area contributed by atoms with Crippen LogP contribution in [0.5, 0.6) is 0 Å². The quantitative estimate of drug-likeness (QED) is 0.846. The lowest BCUT2D eigenvalue weighted by Gasteiger charge is -2.13. The molecule has 2 atom stereocenters. The summed E-state index contributed by atoms with van der Waals surface area (Å²) in [6.45, 7) is 4.38. The molecule has 0 heterocycles. The van der Waals surface area contributed by atoms with Gasteiger partial charge in [0, 0.05) is 0 Å². The zero-order valence-electron chi connectivity index (χ0n) is 9.88. The number of nitrogens with two attached hydrogens (primary N) is 1. The minimum atomic E-state index is -4.28. The number of halogens is 3. The summed E-state index contributed by atoms with van der Waals surface area (Å²) in [6, 6.07) is 5.81. The first-order valence-corrected chi connectivity index (χ1v) is 5.66. The van der Waals surface area contributed by atoms with Gasteiger partial charge in [-0.1, -0.05) is 32.0 Å². The molecule has 2 rings (SSSR count). The largest absolute Gasteiger partial charge is 0.416 e. The summed E-state index contributed by atoms with van der Waals surface area (Å²) in [4.78, 5) is 0. The van der Waals surface area contributed by atoms with Crippen LogP contribution in [0.4, 0.5) is 13.2 Å². The van der Waals surface area contributed by atoms with Crippen molar-refractivity contribution in [1.29, 1.82) is 0 Å². The van der Waals surface area contributed by atoms with Gasteiger partial charge in [0.25, 0.3) is 0 Å². The van der Waals surface area contributed by atoms with Gasteiger partial charge in [-0.3, -0.25) is 0 Å². The van der Waals surface area contributed by atoms with Gasteiger partial charge in [0.1, 0.15) is 0 Å². The van der Waals surface area contributed by atoms with Gasteiger partial charge in [-0.05, 0) is 35.4 Å². The fraction of sp³-hybridized carbons (Fsp3) is 0.538. The lowest BCUT2D eigenvalue weighted by Crippen LogP contribution is -2.10. The Balaban J connectivity index is 2.42. The molecule has 0 aliphatic heterocycles. The van der Waals surface area contributed by atoms with Crippen LogP contribution in [0.25, 0.3) is 0 Å². The molecule has 1 fully saturated rings. The Bertz CT molecular complexity index is 423. The zero-order chi connectivity index (χ0) is 12.8. The van der Waals surface area contributed by atoms with Crippen molar-refractivity contribution >= 4 is 0 Å². The molecule has 0 saturated heterocycles. The molecule has 17 heavy (non-hydrogen) atoms. The third kappa shape index (κ3) is 1.95. The highest BCUT2D eigenvalue weighted by atomic mass is 19.4. The van der Waals surface area contributed by atoms with E-state index in [1.165, 1.54) is 6.07 Å². The monoisotopic (exact) mass is 243 g/mol. The highest BCUT2D eigenvalue weighted by molar-refractivity contribution is 5.39. The van der Waals surface area contributed by atoms with Crippen LogP contribution < -0.4 is 5.73 Å². The maximum atomic E-state index is 12.9. The van der Waals surface area contributed by atoms with Crippen LogP contribution in [0.1, 0.15) is 30.9 Å². The van der Waals surface area contributed by atoms with Crippen LogP contribution >= 0.6 is 0 Å². The molecule has 2 N–H and O–H groups in total. The van der Waals surface area contributed by atoms with Crippen LogP contribution in [-0.2, 0) is 6.18 Å². The molecule has 4 heteroatoms. The van der Waals surface area contributed by atoms with Crippen molar-refractivity contribution in [3.8, 4) is 0 Å². The molecule has 1 aromatic rings. The average Bonchev–Trinajstić information content (AvgIpc) is 2.79. The van der Waals surface area contributed by atoms with E-state index in [0.29, 0.717) is 12.1 Å². The Labute approximate surface area is 98.8 Å². The second-order valence-electron chi connectivity index (χ2n) is 5.23. The molecule has 0 bridgehead atoms. The molecule has 1 aromatic carbocycles. The maximum absolute atomic E-state index is 12.9. The van der Waals surface area contributed by atoms with Gasteiger partial charge in [0.15, 0.2) is 0 Å². The van der Waals surface area contributed by atoms with Crippen molar-refractivity contribution < 1.29 is 13.2 Å². The molecule has 0 unspecified atom stereocenters. The molecular weight excluding hydrogens is 227 g/mol. The number of hydrogen-bond acceptors (Lipinski definition) is 1. The normalized spacial score (nSPS) is 26.9. The summed E-state index contributed by atoms with van der Waals surface area (Å²) < 4.78 is 38.7. The molecule has 1 aliphatic rings. The Morgan fingerprint density at radius 2 is 1.82 bits per heavy atom. The van der Waals surface area contributed by atoms with Crippen LogP contribution in [0, 0.1) is 11.3 Å². The summed E-state index contributed by atoms with van der Waals surface area (Å²) in [5, 5.41) is 0. The van der Waals surface area contributed by atoms with Crippen LogP contribution in [0.3, 0.4) is 0 Å². The van der Waals surface area contributed by atoms with E-state index in [1.807, 2.05) is 13.8 Å². The first kappa shape index (κ1) is 12.4. The highest BCUT2D eigenvalue weighted by Crippen LogP contribution is 2.65. The number of rotatable bonds is 2. The SMILES string of the molecule is CC1(C)[C@H](CN)[C@H]1c1ccccc1C(F)(F)F. The van der Waals surface area contributed by atoms with E-state index in [1.54, 1.807) is 12.1 Å². The molecular formula is C13H16F3N. The van der Waals surface area contributed by atoms with Crippen molar-refractivity contribution in [2.75, 3.05) is 6.54 Å². The highest BCUT2D eigenvalue weighted by Gasteiger charge is 2.58. The predicted molar refractivity (Wildman–Crippen MR) is 60.5 cm³/mol. The summed E-state index contributed by atoms with van der Waals surface area (Å²) in [5.41, 5.74) is 5.36. The molecule has 1 nitrogen and oxygen atoms in total. The summed E-state index contributed by atoms with van der Waals surface area (Å²) >= 11 is 0. The van der Waals surface area contributed by atoms with Gasteiger partial charge in [0.2, 0.25) is 0 Å². The van der Waals surface area contributed by atoms with Crippen molar-refractivity contribution in [3.63, 3.8) is 0 Å². The molecule has 94 valence electrons.